The van der Waals surface area contributed by atoms with Crippen LogP contribution in [-0.2, 0) is 6.54 Å². The molecule has 2 aromatic carbocycles. The van der Waals surface area contributed by atoms with Crippen molar-refractivity contribution in [2.24, 2.45) is 4.99 Å². The Hall–Kier alpha value is -2.40. The van der Waals surface area contributed by atoms with Crippen molar-refractivity contribution in [1.82, 2.24) is 15.5 Å². The second kappa shape index (κ2) is 9.79. The van der Waals surface area contributed by atoms with Crippen LogP contribution in [0.4, 0.5) is 4.39 Å². The fourth-order valence-corrected chi connectivity index (χ4v) is 2.60. The van der Waals surface area contributed by atoms with Crippen molar-refractivity contribution in [3.63, 3.8) is 0 Å². The molecule has 0 amide bonds. The van der Waals surface area contributed by atoms with Crippen molar-refractivity contribution >= 4 is 5.96 Å². The molecule has 0 saturated heterocycles. The lowest BCUT2D eigenvalue weighted by atomic mass is 10.1. The quantitative estimate of drug-likeness (QED) is 0.600. The van der Waals surface area contributed by atoms with Crippen LogP contribution in [0.2, 0.25) is 0 Å². The summed E-state index contributed by atoms with van der Waals surface area (Å²) in [5.41, 5.74) is 2.10. The molecule has 0 spiro atoms. The van der Waals surface area contributed by atoms with Crippen molar-refractivity contribution in [1.29, 1.82) is 0 Å². The lowest BCUT2D eigenvalue weighted by Gasteiger charge is -2.26. The predicted octanol–water partition coefficient (Wildman–Crippen LogP) is 3.18. The third kappa shape index (κ3) is 6.19. The Morgan fingerprint density at radius 2 is 1.84 bits per heavy atom. The average Bonchev–Trinajstić information content (AvgIpc) is 2.60. The van der Waals surface area contributed by atoms with Gasteiger partial charge in [0.1, 0.15) is 5.82 Å². The van der Waals surface area contributed by atoms with E-state index in [2.05, 4.69) is 32.7 Å². The van der Waals surface area contributed by atoms with Crippen LogP contribution >= 0.6 is 0 Å². The molecule has 1 atom stereocenters. The average molecular weight is 342 g/mol. The Labute approximate surface area is 149 Å². The lowest BCUT2D eigenvalue weighted by Crippen LogP contribution is -2.41. The van der Waals surface area contributed by atoms with Crippen molar-refractivity contribution in [2.45, 2.75) is 19.5 Å². The molecule has 0 aliphatic rings. The maximum Gasteiger partial charge on any atom is 0.191 e. The van der Waals surface area contributed by atoms with Gasteiger partial charge in [-0.1, -0.05) is 42.5 Å². The third-order valence-corrected chi connectivity index (χ3v) is 3.93. The van der Waals surface area contributed by atoms with E-state index in [9.17, 15) is 4.39 Å². The van der Waals surface area contributed by atoms with Gasteiger partial charge in [0.2, 0.25) is 0 Å². The molecular formula is C20H27FN4. The van der Waals surface area contributed by atoms with Crippen LogP contribution in [0.5, 0.6) is 0 Å². The number of hydrogen-bond donors (Lipinski definition) is 2. The molecule has 2 N–H and O–H groups in total. The standard InChI is InChI=1S/C20H27FN4/c1-4-22-20(23-14-16-9-6-5-7-10-16)24-15-19(25(2)3)17-11-8-12-18(21)13-17/h5-13,19H,4,14-15H2,1-3H3,(H2,22,23,24). The second-order valence-electron chi connectivity index (χ2n) is 6.10. The van der Waals surface area contributed by atoms with E-state index in [1.54, 1.807) is 12.1 Å². The highest BCUT2D eigenvalue weighted by Crippen LogP contribution is 2.18. The number of likely N-dealkylation sites (N-methyl/N-ethyl adjacent to an activating group) is 1. The van der Waals surface area contributed by atoms with Gasteiger partial charge in [0, 0.05) is 13.1 Å². The first-order valence-corrected chi connectivity index (χ1v) is 8.58. The summed E-state index contributed by atoms with van der Waals surface area (Å²) in [6.07, 6.45) is 0. The molecule has 4 nitrogen and oxygen atoms in total. The van der Waals surface area contributed by atoms with Crippen LogP contribution in [0, 0.1) is 5.82 Å². The van der Waals surface area contributed by atoms with Crippen LogP contribution < -0.4 is 10.6 Å². The summed E-state index contributed by atoms with van der Waals surface area (Å²) in [5, 5.41) is 6.62. The molecule has 0 aromatic heterocycles. The van der Waals surface area contributed by atoms with Gasteiger partial charge >= 0.3 is 0 Å². The Kier molecular flexibility index (Phi) is 7.41. The van der Waals surface area contributed by atoms with Crippen LogP contribution in [0.1, 0.15) is 24.1 Å². The number of hydrogen-bond acceptors (Lipinski definition) is 2. The summed E-state index contributed by atoms with van der Waals surface area (Å²) in [5.74, 6) is 0.545. The van der Waals surface area contributed by atoms with Gasteiger partial charge in [-0.05, 0) is 44.3 Å². The number of nitrogens with one attached hydrogen (secondary N) is 2. The molecule has 0 heterocycles. The fraction of sp³-hybridized carbons (Fsp3) is 0.350. The number of aliphatic imine (C=N–C) groups is 1. The van der Waals surface area contributed by atoms with Crippen molar-refractivity contribution in [3.05, 3.63) is 71.5 Å². The highest BCUT2D eigenvalue weighted by molar-refractivity contribution is 5.79. The van der Waals surface area contributed by atoms with Gasteiger partial charge in [-0.2, -0.15) is 0 Å². The molecule has 0 fully saturated rings. The first-order chi connectivity index (χ1) is 12.1. The van der Waals surface area contributed by atoms with E-state index in [0.717, 1.165) is 23.6 Å². The molecule has 0 aliphatic heterocycles. The minimum absolute atomic E-state index is 0.0521. The van der Waals surface area contributed by atoms with E-state index in [0.29, 0.717) is 13.1 Å². The SMILES string of the molecule is CCNC(=NCc1ccccc1)NCC(c1cccc(F)c1)N(C)C. The third-order valence-electron chi connectivity index (χ3n) is 3.93. The molecule has 2 aromatic rings. The van der Waals surface area contributed by atoms with Gasteiger partial charge in [0.15, 0.2) is 5.96 Å². The molecule has 0 radical (unpaired) electrons. The summed E-state index contributed by atoms with van der Waals surface area (Å²) >= 11 is 0. The first-order valence-electron chi connectivity index (χ1n) is 8.58. The fourth-order valence-electron chi connectivity index (χ4n) is 2.60. The summed E-state index contributed by atoms with van der Waals surface area (Å²) in [6, 6.07) is 16.9. The molecule has 25 heavy (non-hydrogen) atoms. The zero-order valence-electron chi connectivity index (χ0n) is 15.2. The van der Waals surface area contributed by atoms with Crippen LogP contribution in [0.3, 0.4) is 0 Å². The second-order valence-corrected chi connectivity index (χ2v) is 6.10. The largest absolute Gasteiger partial charge is 0.357 e. The normalized spacial score (nSPS) is 12.9. The van der Waals surface area contributed by atoms with Crippen LogP contribution in [0.25, 0.3) is 0 Å². The van der Waals surface area contributed by atoms with E-state index < -0.39 is 0 Å². The summed E-state index contributed by atoms with van der Waals surface area (Å²) in [4.78, 5) is 6.70. The highest BCUT2D eigenvalue weighted by Gasteiger charge is 2.15. The van der Waals surface area contributed by atoms with E-state index >= 15 is 0 Å². The van der Waals surface area contributed by atoms with Crippen molar-refractivity contribution < 1.29 is 4.39 Å². The molecule has 0 saturated carbocycles. The van der Waals surface area contributed by atoms with Gasteiger partial charge < -0.3 is 15.5 Å². The van der Waals surface area contributed by atoms with Crippen LogP contribution in [0.15, 0.2) is 59.6 Å². The molecule has 1 unspecified atom stereocenters. The van der Waals surface area contributed by atoms with Gasteiger partial charge in [0.25, 0.3) is 0 Å². The van der Waals surface area contributed by atoms with E-state index in [-0.39, 0.29) is 11.9 Å². The molecular weight excluding hydrogens is 315 g/mol. The van der Waals surface area contributed by atoms with E-state index in [4.69, 9.17) is 0 Å². The zero-order valence-corrected chi connectivity index (χ0v) is 15.2. The maximum absolute atomic E-state index is 13.5. The maximum atomic E-state index is 13.5. The minimum atomic E-state index is -0.214. The topological polar surface area (TPSA) is 39.7 Å². The smallest absolute Gasteiger partial charge is 0.191 e. The molecule has 0 bridgehead atoms. The number of halogens is 1. The Balaban J connectivity index is 2.04. The molecule has 0 aliphatic carbocycles. The van der Waals surface area contributed by atoms with E-state index in [1.807, 2.05) is 45.3 Å². The molecule has 5 heteroatoms. The number of rotatable bonds is 7. The van der Waals surface area contributed by atoms with Crippen molar-refractivity contribution in [2.75, 3.05) is 27.2 Å². The van der Waals surface area contributed by atoms with Crippen molar-refractivity contribution in [3.8, 4) is 0 Å². The summed E-state index contributed by atoms with van der Waals surface area (Å²) < 4.78 is 13.5. The monoisotopic (exact) mass is 342 g/mol. The van der Waals surface area contributed by atoms with Crippen LogP contribution in [-0.4, -0.2) is 38.0 Å². The Morgan fingerprint density at radius 1 is 1.08 bits per heavy atom. The Morgan fingerprint density at radius 3 is 2.48 bits per heavy atom. The molecule has 134 valence electrons. The van der Waals surface area contributed by atoms with Gasteiger partial charge in [0.05, 0.1) is 12.6 Å². The Bertz CT molecular complexity index is 670. The number of benzene rings is 2. The number of guanidine groups is 1. The van der Waals surface area contributed by atoms with Gasteiger partial charge in [-0.15, -0.1) is 0 Å². The number of nitrogens with zero attached hydrogens (tertiary/aromatic N) is 2. The highest BCUT2D eigenvalue weighted by atomic mass is 19.1. The first kappa shape index (κ1) is 18.9. The summed E-state index contributed by atoms with van der Waals surface area (Å²) in [7, 11) is 3.98. The van der Waals surface area contributed by atoms with Gasteiger partial charge in [-0.3, -0.25) is 0 Å². The summed E-state index contributed by atoms with van der Waals surface area (Å²) in [6.45, 7) is 4.07. The molecule has 2 rings (SSSR count). The lowest BCUT2D eigenvalue weighted by molar-refractivity contribution is 0.297. The van der Waals surface area contributed by atoms with Gasteiger partial charge in [-0.25, -0.2) is 9.38 Å². The minimum Gasteiger partial charge on any atom is -0.357 e. The predicted molar refractivity (Wildman–Crippen MR) is 102 cm³/mol. The zero-order chi connectivity index (χ0) is 18.1. The van der Waals surface area contributed by atoms with E-state index in [1.165, 1.54) is 6.07 Å².